The Labute approximate surface area is 129 Å². The molecule has 1 N–H and O–H groups in total. The topological polar surface area (TPSA) is 44.8 Å². The molecule has 0 radical (unpaired) electrons. The molecular weight excluding hydrogens is 266 g/mol. The largest absolute Gasteiger partial charge is 0.468 e. The summed E-state index contributed by atoms with van der Waals surface area (Å²) in [4.78, 5) is 16.9. The number of piperazine rings is 1. The highest BCUT2D eigenvalue weighted by atomic mass is 16.5. The normalized spacial score (nSPS) is 23.6. The van der Waals surface area contributed by atoms with Crippen molar-refractivity contribution >= 4 is 5.97 Å². The Kier molecular flexibility index (Phi) is 6.45. The van der Waals surface area contributed by atoms with E-state index in [9.17, 15) is 4.79 Å². The van der Waals surface area contributed by atoms with Crippen molar-refractivity contribution < 1.29 is 9.53 Å². The monoisotopic (exact) mass is 297 g/mol. The molecule has 21 heavy (non-hydrogen) atoms. The van der Waals surface area contributed by atoms with Gasteiger partial charge in [0.05, 0.1) is 7.11 Å². The summed E-state index contributed by atoms with van der Waals surface area (Å²) in [6.45, 7) is 9.28. The number of hydrogen-bond acceptors (Lipinski definition) is 5. The molecule has 122 valence electrons. The lowest BCUT2D eigenvalue weighted by Gasteiger charge is -2.39. The Hall–Kier alpha value is -0.650. The lowest BCUT2D eigenvalue weighted by molar-refractivity contribution is -0.144. The Bertz CT molecular complexity index is 321. The highest BCUT2D eigenvalue weighted by Crippen LogP contribution is 2.24. The highest BCUT2D eigenvalue weighted by molar-refractivity contribution is 5.76. The standard InChI is InChI=1S/C16H31N3O2/c1-13(2)17-15(16(20)21-3)12-18-8-10-19(11-9-18)14-6-4-5-7-14/h13-15,17H,4-12H2,1-3H3. The molecule has 1 atom stereocenters. The van der Waals surface area contributed by atoms with Gasteiger partial charge >= 0.3 is 5.97 Å². The number of carbonyl (C=O) groups is 1. The SMILES string of the molecule is COC(=O)C(CN1CCN(C2CCCC2)CC1)NC(C)C. The molecule has 1 unspecified atom stereocenters. The Morgan fingerprint density at radius 1 is 1.19 bits per heavy atom. The van der Waals surface area contributed by atoms with E-state index in [2.05, 4.69) is 29.0 Å². The number of rotatable bonds is 6. The van der Waals surface area contributed by atoms with Gasteiger partial charge < -0.3 is 10.1 Å². The number of nitrogens with zero attached hydrogens (tertiary/aromatic N) is 2. The van der Waals surface area contributed by atoms with Crippen LogP contribution < -0.4 is 5.32 Å². The summed E-state index contributed by atoms with van der Waals surface area (Å²) in [6.07, 6.45) is 5.54. The van der Waals surface area contributed by atoms with E-state index in [4.69, 9.17) is 4.74 Å². The quantitative estimate of drug-likeness (QED) is 0.744. The van der Waals surface area contributed by atoms with Gasteiger partial charge in [-0.3, -0.25) is 14.6 Å². The van der Waals surface area contributed by atoms with Gasteiger partial charge in [0.25, 0.3) is 0 Å². The molecule has 0 aromatic heterocycles. The van der Waals surface area contributed by atoms with Crippen molar-refractivity contribution in [2.24, 2.45) is 0 Å². The first kappa shape index (κ1) is 16.7. The van der Waals surface area contributed by atoms with E-state index >= 15 is 0 Å². The van der Waals surface area contributed by atoms with Gasteiger partial charge in [-0.05, 0) is 12.8 Å². The summed E-state index contributed by atoms with van der Waals surface area (Å²) in [5, 5.41) is 3.31. The first-order valence-electron chi connectivity index (χ1n) is 8.40. The summed E-state index contributed by atoms with van der Waals surface area (Å²) in [7, 11) is 1.47. The molecular formula is C16H31N3O2. The van der Waals surface area contributed by atoms with Gasteiger partial charge in [0, 0.05) is 44.8 Å². The Balaban J connectivity index is 1.78. The van der Waals surface area contributed by atoms with E-state index in [1.54, 1.807) is 0 Å². The molecule has 1 aliphatic heterocycles. The van der Waals surface area contributed by atoms with Gasteiger partial charge in [-0.2, -0.15) is 0 Å². The van der Waals surface area contributed by atoms with Crippen molar-refractivity contribution in [2.75, 3.05) is 39.8 Å². The third-order valence-electron chi connectivity index (χ3n) is 4.71. The van der Waals surface area contributed by atoms with Crippen molar-refractivity contribution in [2.45, 2.75) is 57.7 Å². The van der Waals surface area contributed by atoms with Crippen LogP contribution in [0.15, 0.2) is 0 Å². The van der Waals surface area contributed by atoms with Crippen LogP contribution in [-0.2, 0) is 9.53 Å². The van der Waals surface area contributed by atoms with Gasteiger partial charge in [0.2, 0.25) is 0 Å². The number of methoxy groups -OCH3 is 1. The minimum atomic E-state index is -0.215. The number of ether oxygens (including phenoxy) is 1. The molecule has 5 heteroatoms. The van der Waals surface area contributed by atoms with Crippen LogP contribution in [0.1, 0.15) is 39.5 Å². The predicted molar refractivity (Wildman–Crippen MR) is 84.3 cm³/mol. The lowest BCUT2D eigenvalue weighted by Crippen LogP contribution is -2.55. The number of hydrogen-bond donors (Lipinski definition) is 1. The molecule has 1 saturated heterocycles. The van der Waals surface area contributed by atoms with Crippen molar-refractivity contribution in [1.82, 2.24) is 15.1 Å². The third-order valence-corrected chi connectivity index (χ3v) is 4.71. The fourth-order valence-electron chi connectivity index (χ4n) is 3.58. The average molecular weight is 297 g/mol. The summed E-state index contributed by atoms with van der Waals surface area (Å²) >= 11 is 0. The summed E-state index contributed by atoms with van der Waals surface area (Å²) < 4.78 is 4.92. The fraction of sp³-hybridized carbons (Fsp3) is 0.938. The van der Waals surface area contributed by atoms with Crippen LogP contribution in [0.4, 0.5) is 0 Å². The Morgan fingerprint density at radius 2 is 1.81 bits per heavy atom. The maximum atomic E-state index is 11.9. The molecule has 0 amide bonds. The van der Waals surface area contributed by atoms with Crippen LogP contribution >= 0.6 is 0 Å². The molecule has 1 saturated carbocycles. The van der Waals surface area contributed by atoms with E-state index < -0.39 is 0 Å². The number of carbonyl (C=O) groups excluding carboxylic acids is 1. The molecule has 0 aromatic carbocycles. The molecule has 2 aliphatic rings. The van der Waals surface area contributed by atoms with E-state index in [-0.39, 0.29) is 18.1 Å². The van der Waals surface area contributed by atoms with Crippen LogP contribution in [0.3, 0.4) is 0 Å². The molecule has 0 aromatic rings. The van der Waals surface area contributed by atoms with Crippen molar-refractivity contribution in [3.63, 3.8) is 0 Å². The number of nitrogens with one attached hydrogen (secondary N) is 1. The van der Waals surface area contributed by atoms with Crippen LogP contribution in [0.5, 0.6) is 0 Å². The first-order chi connectivity index (χ1) is 10.1. The van der Waals surface area contributed by atoms with Crippen LogP contribution in [0.25, 0.3) is 0 Å². The number of esters is 1. The molecule has 1 aliphatic carbocycles. The average Bonchev–Trinajstić information content (AvgIpc) is 3.00. The summed E-state index contributed by atoms with van der Waals surface area (Å²) in [6, 6.07) is 0.888. The van der Waals surface area contributed by atoms with Crippen LogP contribution in [0.2, 0.25) is 0 Å². The molecule has 1 heterocycles. The van der Waals surface area contributed by atoms with Crippen molar-refractivity contribution in [3.05, 3.63) is 0 Å². The second-order valence-electron chi connectivity index (χ2n) is 6.67. The first-order valence-corrected chi connectivity index (χ1v) is 8.40. The van der Waals surface area contributed by atoms with Crippen LogP contribution in [0, 0.1) is 0 Å². The predicted octanol–water partition coefficient (Wildman–Crippen LogP) is 1.09. The maximum Gasteiger partial charge on any atom is 0.324 e. The summed E-state index contributed by atoms with van der Waals surface area (Å²) in [5.74, 6) is -0.151. The van der Waals surface area contributed by atoms with Crippen molar-refractivity contribution in [3.8, 4) is 0 Å². The van der Waals surface area contributed by atoms with E-state index in [0.717, 1.165) is 38.8 Å². The smallest absolute Gasteiger partial charge is 0.324 e. The van der Waals surface area contributed by atoms with E-state index in [1.807, 2.05) is 0 Å². The molecule has 2 rings (SSSR count). The van der Waals surface area contributed by atoms with Gasteiger partial charge in [-0.15, -0.1) is 0 Å². The van der Waals surface area contributed by atoms with Gasteiger partial charge in [-0.1, -0.05) is 26.7 Å². The molecule has 2 fully saturated rings. The zero-order valence-corrected chi connectivity index (χ0v) is 13.8. The van der Waals surface area contributed by atoms with Crippen LogP contribution in [-0.4, -0.2) is 73.7 Å². The Morgan fingerprint density at radius 3 is 2.33 bits per heavy atom. The van der Waals surface area contributed by atoms with Gasteiger partial charge in [0.15, 0.2) is 0 Å². The van der Waals surface area contributed by atoms with E-state index in [1.165, 1.54) is 32.8 Å². The van der Waals surface area contributed by atoms with Crippen molar-refractivity contribution in [1.29, 1.82) is 0 Å². The second-order valence-corrected chi connectivity index (χ2v) is 6.67. The van der Waals surface area contributed by atoms with E-state index in [0.29, 0.717) is 0 Å². The minimum Gasteiger partial charge on any atom is -0.468 e. The van der Waals surface area contributed by atoms with Gasteiger partial charge in [-0.25, -0.2) is 0 Å². The zero-order valence-electron chi connectivity index (χ0n) is 13.8. The minimum absolute atomic E-state index is 0.151. The summed E-state index contributed by atoms with van der Waals surface area (Å²) in [5.41, 5.74) is 0. The maximum absolute atomic E-state index is 11.9. The molecule has 0 bridgehead atoms. The van der Waals surface area contributed by atoms with Gasteiger partial charge in [0.1, 0.15) is 6.04 Å². The zero-order chi connectivity index (χ0) is 15.2. The highest BCUT2D eigenvalue weighted by Gasteiger charge is 2.29. The fourth-order valence-corrected chi connectivity index (χ4v) is 3.58. The molecule has 0 spiro atoms. The lowest BCUT2D eigenvalue weighted by atomic mass is 10.1. The third kappa shape index (κ3) is 4.94. The second kappa shape index (κ2) is 8.11. The molecule has 5 nitrogen and oxygen atoms in total.